The van der Waals surface area contributed by atoms with E-state index in [-0.39, 0.29) is 0 Å². The lowest BCUT2D eigenvalue weighted by Crippen LogP contribution is -2.53. The molecule has 3 nitrogen and oxygen atoms in total. The number of hydrogen-bond donors (Lipinski definition) is 0. The Morgan fingerprint density at radius 1 is 1.24 bits per heavy atom. The molecule has 0 saturated carbocycles. The van der Waals surface area contributed by atoms with E-state index in [0.717, 1.165) is 12.1 Å². The van der Waals surface area contributed by atoms with Gasteiger partial charge >= 0.3 is 0 Å². The second-order valence-corrected chi connectivity index (χ2v) is 5.48. The van der Waals surface area contributed by atoms with Gasteiger partial charge in [0.25, 0.3) is 0 Å². The maximum Gasteiger partial charge on any atom is 0.0572 e. The van der Waals surface area contributed by atoms with Gasteiger partial charge in [-0.3, -0.25) is 9.88 Å². The van der Waals surface area contributed by atoms with Crippen LogP contribution >= 0.6 is 0 Å². The molecule has 2 fully saturated rings. The fourth-order valence-corrected chi connectivity index (χ4v) is 3.55. The zero-order valence-corrected chi connectivity index (χ0v) is 10.7. The first kappa shape index (κ1) is 11.2. The van der Waals surface area contributed by atoms with E-state index in [4.69, 9.17) is 0 Å². The molecule has 3 atom stereocenters. The monoisotopic (exact) mass is 231 g/mol. The molecule has 0 N–H and O–H groups in total. The molecule has 2 aliphatic rings. The van der Waals surface area contributed by atoms with Crippen LogP contribution in [0.4, 0.5) is 0 Å². The summed E-state index contributed by atoms with van der Waals surface area (Å²) in [6, 6.07) is 8.17. The summed E-state index contributed by atoms with van der Waals surface area (Å²) in [7, 11) is 2.24. The first-order valence-corrected chi connectivity index (χ1v) is 6.62. The number of pyridine rings is 1. The number of likely N-dealkylation sites (tertiary alicyclic amines) is 1. The number of fused-ring (bicyclic) bond motifs is 2. The van der Waals surface area contributed by atoms with Crippen LogP contribution in [0.2, 0.25) is 0 Å². The van der Waals surface area contributed by atoms with Crippen molar-refractivity contribution in [3.05, 3.63) is 30.1 Å². The zero-order valence-electron chi connectivity index (χ0n) is 10.7. The summed E-state index contributed by atoms with van der Waals surface area (Å²) in [5, 5.41) is 0. The summed E-state index contributed by atoms with van der Waals surface area (Å²) in [5.41, 5.74) is 1.22. The van der Waals surface area contributed by atoms with E-state index in [9.17, 15) is 0 Å². The molecule has 2 bridgehead atoms. The van der Waals surface area contributed by atoms with Crippen LogP contribution in [-0.4, -0.2) is 47.0 Å². The first-order chi connectivity index (χ1) is 8.25. The topological polar surface area (TPSA) is 19.4 Å². The van der Waals surface area contributed by atoms with Crippen LogP contribution < -0.4 is 0 Å². The predicted molar refractivity (Wildman–Crippen MR) is 68.8 cm³/mol. The normalized spacial score (nSPS) is 31.6. The van der Waals surface area contributed by atoms with Gasteiger partial charge in [-0.25, -0.2) is 0 Å². The maximum absolute atomic E-state index is 4.51. The van der Waals surface area contributed by atoms with Crippen molar-refractivity contribution < 1.29 is 0 Å². The van der Waals surface area contributed by atoms with E-state index in [1.807, 2.05) is 12.3 Å². The second kappa shape index (κ2) is 4.39. The average molecular weight is 231 g/mol. The second-order valence-electron chi connectivity index (χ2n) is 5.48. The Morgan fingerprint density at radius 3 is 2.53 bits per heavy atom. The smallest absolute Gasteiger partial charge is 0.0572 e. The molecule has 3 rings (SSSR count). The van der Waals surface area contributed by atoms with Gasteiger partial charge in [0, 0.05) is 37.4 Å². The molecule has 2 saturated heterocycles. The minimum Gasteiger partial charge on any atom is -0.303 e. The largest absolute Gasteiger partial charge is 0.303 e. The minimum atomic E-state index is 0.461. The van der Waals surface area contributed by atoms with E-state index < -0.39 is 0 Å². The standard InChI is InChI=1S/C14H21N3/c1-11(14-5-3-4-8-15-14)17-12-6-7-13(17)10-16(2)9-12/h3-5,8,11-13H,6-7,9-10H2,1-2H3/t11-,12?,13?/m1/s1. The first-order valence-electron chi connectivity index (χ1n) is 6.62. The van der Waals surface area contributed by atoms with Gasteiger partial charge < -0.3 is 4.90 Å². The van der Waals surface area contributed by atoms with Crippen LogP contribution in [0, 0.1) is 0 Å². The maximum atomic E-state index is 4.51. The third kappa shape index (κ3) is 1.98. The molecule has 0 radical (unpaired) electrons. The van der Waals surface area contributed by atoms with Crippen molar-refractivity contribution in [1.82, 2.24) is 14.8 Å². The van der Waals surface area contributed by atoms with E-state index in [0.29, 0.717) is 6.04 Å². The Hall–Kier alpha value is -0.930. The molecule has 0 aliphatic carbocycles. The summed E-state index contributed by atoms with van der Waals surface area (Å²) in [5.74, 6) is 0. The van der Waals surface area contributed by atoms with Crippen molar-refractivity contribution in [2.45, 2.75) is 37.9 Å². The van der Waals surface area contributed by atoms with E-state index in [2.05, 4.69) is 40.9 Å². The summed E-state index contributed by atoms with van der Waals surface area (Å²) >= 11 is 0. The molecule has 2 aliphatic heterocycles. The zero-order chi connectivity index (χ0) is 11.8. The number of nitrogens with zero attached hydrogens (tertiary/aromatic N) is 3. The number of likely N-dealkylation sites (N-methyl/N-ethyl adjacent to an activating group) is 1. The molecule has 0 aromatic carbocycles. The van der Waals surface area contributed by atoms with E-state index in [1.165, 1.54) is 31.6 Å². The van der Waals surface area contributed by atoms with Crippen LogP contribution in [0.5, 0.6) is 0 Å². The molecule has 0 spiro atoms. The van der Waals surface area contributed by atoms with E-state index in [1.54, 1.807) is 0 Å². The Balaban J connectivity index is 1.81. The van der Waals surface area contributed by atoms with E-state index >= 15 is 0 Å². The van der Waals surface area contributed by atoms with Crippen LogP contribution in [0.1, 0.15) is 31.5 Å². The van der Waals surface area contributed by atoms with Crippen molar-refractivity contribution >= 4 is 0 Å². The summed E-state index contributed by atoms with van der Waals surface area (Å²) < 4.78 is 0. The third-order valence-corrected chi connectivity index (χ3v) is 4.28. The molecular formula is C14H21N3. The summed E-state index contributed by atoms with van der Waals surface area (Å²) in [6.07, 6.45) is 4.61. The third-order valence-electron chi connectivity index (χ3n) is 4.28. The SMILES string of the molecule is C[C@H](c1ccccn1)N1C2CCC1CN(C)C2. The van der Waals surface area contributed by atoms with Crippen molar-refractivity contribution in [2.75, 3.05) is 20.1 Å². The van der Waals surface area contributed by atoms with Crippen molar-refractivity contribution in [3.63, 3.8) is 0 Å². The van der Waals surface area contributed by atoms with Gasteiger partial charge in [0.1, 0.15) is 0 Å². The number of aromatic nitrogens is 1. The Kier molecular flexibility index (Phi) is 2.89. The lowest BCUT2D eigenvalue weighted by molar-refractivity contribution is 0.0485. The molecule has 3 heteroatoms. The number of hydrogen-bond acceptors (Lipinski definition) is 3. The predicted octanol–water partition coefficient (Wildman–Crippen LogP) is 1.92. The minimum absolute atomic E-state index is 0.461. The highest BCUT2D eigenvalue weighted by molar-refractivity contribution is 5.11. The van der Waals surface area contributed by atoms with Crippen molar-refractivity contribution in [3.8, 4) is 0 Å². The molecule has 3 heterocycles. The van der Waals surface area contributed by atoms with Gasteiger partial charge in [0.15, 0.2) is 0 Å². The Morgan fingerprint density at radius 2 is 1.94 bits per heavy atom. The highest BCUT2D eigenvalue weighted by atomic mass is 15.3. The van der Waals surface area contributed by atoms with Gasteiger partial charge in [-0.1, -0.05) is 6.07 Å². The lowest BCUT2D eigenvalue weighted by Gasteiger charge is -2.42. The highest BCUT2D eigenvalue weighted by Crippen LogP contribution is 2.36. The molecule has 92 valence electrons. The lowest BCUT2D eigenvalue weighted by atomic mass is 10.1. The van der Waals surface area contributed by atoms with Gasteiger partial charge in [-0.05, 0) is 38.9 Å². The number of rotatable bonds is 2. The molecule has 1 aromatic heterocycles. The quantitative estimate of drug-likeness (QED) is 0.775. The van der Waals surface area contributed by atoms with Crippen LogP contribution in [0.15, 0.2) is 24.4 Å². The number of piperazine rings is 1. The van der Waals surface area contributed by atoms with Crippen LogP contribution in [0.3, 0.4) is 0 Å². The van der Waals surface area contributed by atoms with Gasteiger partial charge in [-0.15, -0.1) is 0 Å². The Labute approximate surface area is 103 Å². The highest BCUT2D eigenvalue weighted by Gasteiger charge is 2.41. The fourth-order valence-electron chi connectivity index (χ4n) is 3.55. The average Bonchev–Trinajstić information content (AvgIpc) is 2.62. The fraction of sp³-hybridized carbons (Fsp3) is 0.643. The van der Waals surface area contributed by atoms with Gasteiger partial charge in [-0.2, -0.15) is 0 Å². The van der Waals surface area contributed by atoms with Gasteiger partial charge in [0.05, 0.1) is 5.69 Å². The molecule has 1 aromatic rings. The molecule has 2 unspecified atom stereocenters. The van der Waals surface area contributed by atoms with Crippen molar-refractivity contribution in [2.24, 2.45) is 0 Å². The molecule has 0 amide bonds. The molecular weight excluding hydrogens is 210 g/mol. The van der Waals surface area contributed by atoms with Crippen LogP contribution in [0.25, 0.3) is 0 Å². The van der Waals surface area contributed by atoms with Gasteiger partial charge in [0.2, 0.25) is 0 Å². The summed E-state index contributed by atoms with van der Waals surface area (Å²) in [6.45, 7) is 4.74. The molecule has 17 heavy (non-hydrogen) atoms. The van der Waals surface area contributed by atoms with Crippen molar-refractivity contribution in [1.29, 1.82) is 0 Å². The summed E-state index contributed by atoms with van der Waals surface area (Å²) in [4.78, 5) is 9.69. The van der Waals surface area contributed by atoms with Crippen LogP contribution in [-0.2, 0) is 0 Å². The Bertz CT molecular complexity index is 364.